The maximum Gasteiger partial charge on any atom is 0.171 e. The van der Waals surface area contributed by atoms with Gasteiger partial charge in [-0.1, -0.05) is 6.07 Å². The topological polar surface area (TPSA) is 53.1 Å². The average Bonchev–Trinajstić information content (AvgIpc) is 2.58. The summed E-state index contributed by atoms with van der Waals surface area (Å²) in [5, 5.41) is 4.34. The summed E-state index contributed by atoms with van der Waals surface area (Å²) in [6.45, 7) is 5.88. The normalized spacial score (nSPS) is 12.5. The van der Waals surface area contributed by atoms with E-state index in [2.05, 4.69) is 21.0 Å². The average molecular weight is 324 g/mol. The van der Waals surface area contributed by atoms with Crippen LogP contribution in [0.25, 0.3) is 0 Å². The Morgan fingerprint density at radius 3 is 2.53 bits per heavy atom. The Morgan fingerprint density at radius 1 is 1.37 bits per heavy atom. The van der Waals surface area contributed by atoms with E-state index in [4.69, 9.17) is 10.5 Å². The zero-order valence-electron chi connectivity index (χ0n) is 11.6. The second-order valence-electron chi connectivity index (χ2n) is 4.70. The number of hydrogen-bond acceptors (Lipinski definition) is 3. The molecule has 1 aromatic heterocycles. The van der Waals surface area contributed by atoms with Crippen LogP contribution < -0.4 is 10.5 Å². The number of nitrogens with zero attached hydrogens (tertiary/aromatic N) is 2. The fourth-order valence-electron chi connectivity index (χ4n) is 1.89. The molecular formula is C14H18BrN3O. The first-order valence-electron chi connectivity index (χ1n) is 6.13. The number of halogens is 1. The van der Waals surface area contributed by atoms with Crippen LogP contribution in [0, 0.1) is 13.8 Å². The van der Waals surface area contributed by atoms with E-state index < -0.39 is 0 Å². The molecule has 102 valence electrons. The second-order valence-corrected chi connectivity index (χ2v) is 5.56. The molecule has 0 amide bonds. The Morgan fingerprint density at radius 2 is 2.05 bits per heavy atom. The smallest absolute Gasteiger partial charge is 0.171 e. The molecule has 1 heterocycles. The van der Waals surface area contributed by atoms with Crippen LogP contribution in [-0.4, -0.2) is 9.78 Å². The molecule has 4 nitrogen and oxygen atoms in total. The number of aromatic nitrogens is 2. The van der Waals surface area contributed by atoms with Crippen molar-refractivity contribution in [3.63, 3.8) is 0 Å². The van der Waals surface area contributed by atoms with Gasteiger partial charge in [-0.2, -0.15) is 5.10 Å². The van der Waals surface area contributed by atoms with Crippen molar-refractivity contribution in [2.24, 2.45) is 12.8 Å². The summed E-state index contributed by atoms with van der Waals surface area (Å²) >= 11 is 3.52. The van der Waals surface area contributed by atoms with E-state index in [1.807, 2.05) is 50.7 Å². The van der Waals surface area contributed by atoms with Crippen molar-refractivity contribution in [2.75, 3.05) is 0 Å². The standard InChI is InChI=1S/C14H18BrN3O/c1-8(16)11-5-6-13(12(15)7-11)19-14-9(2)17-18(4)10(14)3/h5-8H,16H2,1-4H3/t8-/m0/s1. The fourth-order valence-corrected chi connectivity index (χ4v) is 2.37. The van der Waals surface area contributed by atoms with Crippen LogP contribution in [-0.2, 0) is 7.05 Å². The molecule has 19 heavy (non-hydrogen) atoms. The lowest BCUT2D eigenvalue weighted by molar-refractivity contribution is 0.471. The van der Waals surface area contributed by atoms with E-state index in [1.54, 1.807) is 0 Å². The highest BCUT2D eigenvalue weighted by atomic mass is 79.9. The number of ether oxygens (including phenoxy) is 1. The Labute approximate surface area is 121 Å². The minimum Gasteiger partial charge on any atom is -0.452 e. The molecule has 5 heteroatoms. The first kappa shape index (κ1) is 14.1. The Balaban J connectivity index is 2.34. The third-order valence-electron chi connectivity index (χ3n) is 3.14. The summed E-state index contributed by atoms with van der Waals surface area (Å²) in [5.74, 6) is 1.57. The lowest BCUT2D eigenvalue weighted by Gasteiger charge is -2.11. The van der Waals surface area contributed by atoms with Gasteiger partial charge in [-0.3, -0.25) is 4.68 Å². The summed E-state index contributed by atoms with van der Waals surface area (Å²) in [6.07, 6.45) is 0. The van der Waals surface area contributed by atoms with Gasteiger partial charge in [0.25, 0.3) is 0 Å². The molecule has 1 atom stereocenters. The summed E-state index contributed by atoms with van der Waals surface area (Å²) in [5.41, 5.74) is 8.81. The van der Waals surface area contributed by atoms with Crippen LogP contribution in [0.1, 0.15) is 29.9 Å². The maximum atomic E-state index is 5.96. The third-order valence-corrected chi connectivity index (χ3v) is 3.76. The van der Waals surface area contributed by atoms with Crippen LogP contribution in [0.4, 0.5) is 0 Å². The van der Waals surface area contributed by atoms with Crippen molar-refractivity contribution in [3.8, 4) is 11.5 Å². The van der Waals surface area contributed by atoms with Gasteiger partial charge in [0.05, 0.1) is 10.2 Å². The van der Waals surface area contributed by atoms with Gasteiger partial charge in [-0.25, -0.2) is 0 Å². The number of hydrogen-bond donors (Lipinski definition) is 1. The molecular weight excluding hydrogens is 306 g/mol. The van der Waals surface area contributed by atoms with Crippen LogP contribution >= 0.6 is 15.9 Å². The van der Waals surface area contributed by atoms with Crippen molar-refractivity contribution in [3.05, 3.63) is 39.6 Å². The maximum absolute atomic E-state index is 5.96. The van der Waals surface area contributed by atoms with Crippen LogP contribution in [0.2, 0.25) is 0 Å². The lowest BCUT2D eigenvalue weighted by Crippen LogP contribution is -2.04. The van der Waals surface area contributed by atoms with Crippen molar-refractivity contribution in [2.45, 2.75) is 26.8 Å². The monoisotopic (exact) mass is 323 g/mol. The zero-order valence-corrected chi connectivity index (χ0v) is 13.2. The van der Waals surface area contributed by atoms with Crippen LogP contribution in [0.3, 0.4) is 0 Å². The Hall–Kier alpha value is -1.33. The number of rotatable bonds is 3. The molecule has 0 aliphatic heterocycles. The molecule has 1 aromatic carbocycles. The van der Waals surface area contributed by atoms with Gasteiger partial charge in [0.2, 0.25) is 0 Å². The van der Waals surface area contributed by atoms with E-state index in [1.165, 1.54) is 0 Å². The molecule has 0 aliphatic rings. The lowest BCUT2D eigenvalue weighted by atomic mass is 10.1. The zero-order chi connectivity index (χ0) is 14.2. The van der Waals surface area contributed by atoms with Gasteiger partial charge in [-0.05, 0) is 54.4 Å². The van der Waals surface area contributed by atoms with Gasteiger partial charge >= 0.3 is 0 Å². The van der Waals surface area contributed by atoms with Gasteiger partial charge in [-0.15, -0.1) is 0 Å². The van der Waals surface area contributed by atoms with E-state index in [0.717, 1.165) is 32.9 Å². The van der Waals surface area contributed by atoms with E-state index >= 15 is 0 Å². The van der Waals surface area contributed by atoms with Gasteiger partial charge < -0.3 is 10.5 Å². The SMILES string of the molecule is Cc1nn(C)c(C)c1Oc1ccc([C@H](C)N)cc1Br. The summed E-state index contributed by atoms with van der Waals surface area (Å²) in [7, 11) is 1.91. The van der Waals surface area contributed by atoms with E-state index in [0.29, 0.717) is 0 Å². The number of nitrogens with two attached hydrogens (primary N) is 1. The van der Waals surface area contributed by atoms with E-state index in [-0.39, 0.29) is 6.04 Å². The van der Waals surface area contributed by atoms with Gasteiger partial charge in [0.15, 0.2) is 5.75 Å². The van der Waals surface area contributed by atoms with Crippen LogP contribution in [0.5, 0.6) is 11.5 Å². The largest absolute Gasteiger partial charge is 0.452 e. The van der Waals surface area contributed by atoms with E-state index in [9.17, 15) is 0 Å². The molecule has 0 radical (unpaired) electrons. The third kappa shape index (κ3) is 2.82. The summed E-state index contributed by atoms with van der Waals surface area (Å²) in [6, 6.07) is 5.90. The number of aryl methyl sites for hydroxylation is 2. The molecule has 2 N–H and O–H groups in total. The molecule has 0 saturated carbocycles. The number of benzene rings is 1. The minimum absolute atomic E-state index is 0.00668. The highest BCUT2D eigenvalue weighted by molar-refractivity contribution is 9.10. The van der Waals surface area contributed by atoms with Crippen molar-refractivity contribution in [1.82, 2.24) is 9.78 Å². The molecule has 0 unspecified atom stereocenters. The highest BCUT2D eigenvalue weighted by Gasteiger charge is 2.13. The fraction of sp³-hybridized carbons (Fsp3) is 0.357. The molecule has 0 aliphatic carbocycles. The molecule has 2 rings (SSSR count). The summed E-state index contributed by atoms with van der Waals surface area (Å²) < 4.78 is 8.66. The predicted molar refractivity (Wildman–Crippen MR) is 79.5 cm³/mol. The molecule has 2 aromatic rings. The minimum atomic E-state index is 0.00668. The Bertz CT molecular complexity index is 605. The second kappa shape index (κ2) is 5.35. The highest BCUT2D eigenvalue weighted by Crippen LogP contribution is 2.34. The molecule has 0 spiro atoms. The van der Waals surface area contributed by atoms with Gasteiger partial charge in [0.1, 0.15) is 11.4 Å². The Kier molecular flexibility index (Phi) is 3.96. The van der Waals surface area contributed by atoms with Crippen molar-refractivity contribution < 1.29 is 4.74 Å². The first-order valence-corrected chi connectivity index (χ1v) is 6.92. The summed E-state index contributed by atoms with van der Waals surface area (Å²) in [4.78, 5) is 0. The van der Waals surface area contributed by atoms with Crippen molar-refractivity contribution in [1.29, 1.82) is 0 Å². The molecule has 0 saturated heterocycles. The molecule has 0 bridgehead atoms. The quantitative estimate of drug-likeness (QED) is 0.938. The predicted octanol–water partition coefficient (Wildman–Crippen LogP) is 3.61. The van der Waals surface area contributed by atoms with Crippen LogP contribution in [0.15, 0.2) is 22.7 Å². The molecule has 0 fully saturated rings. The first-order chi connectivity index (χ1) is 8.90. The van der Waals surface area contributed by atoms with Crippen molar-refractivity contribution >= 4 is 15.9 Å². The van der Waals surface area contributed by atoms with Gasteiger partial charge in [0, 0.05) is 13.1 Å².